The minimum absolute atomic E-state index is 0.251. The van der Waals surface area contributed by atoms with Crippen molar-refractivity contribution in [1.29, 1.82) is 0 Å². The van der Waals surface area contributed by atoms with Crippen LogP contribution in [0.5, 0.6) is 0 Å². The third-order valence-electron chi connectivity index (χ3n) is 4.40. The highest BCUT2D eigenvalue weighted by molar-refractivity contribution is 5.71. The maximum Gasteiger partial charge on any atom is 0.410 e. The summed E-state index contributed by atoms with van der Waals surface area (Å²) in [7, 11) is 0. The van der Waals surface area contributed by atoms with Crippen LogP contribution in [-0.2, 0) is 16.1 Å². The number of ether oxygens (including phenoxy) is 1. The van der Waals surface area contributed by atoms with E-state index in [2.05, 4.69) is 4.90 Å². The van der Waals surface area contributed by atoms with Gasteiger partial charge in [0.2, 0.25) is 0 Å². The van der Waals surface area contributed by atoms with E-state index in [1.807, 2.05) is 30.3 Å². The molecule has 1 atom stereocenters. The zero-order chi connectivity index (χ0) is 15.5. The van der Waals surface area contributed by atoms with E-state index in [9.17, 15) is 9.59 Å². The second kappa shape index (κ2) is 6.36. The number of benzene rings is 1. The molecule has 118 valence electrons. The summed E-state index contributed by atoms with van der Waals surface area (Å²) >= 11 is 0. The molecule has 2 aliphatic heterocycles. The number of aliphatic carboxylic acids is 1. The molecule has 2 fully saturated rings. The van der Waals surface area contributed by atoms with Gasteiger partial charge in [-0.3, -0.25) is 9.69 Å². The smallest absolute Gasteiger partial charge is 0.410 e. The molecule has 1 aromatic carbocycles. The summed E-state index contributed by atoms with van der Waals surface area (Å²) in [6.07, 6.45) is 0.592. The van der Waals surface area contributed by atoms with Gasteiger partial charge in [-0.05, 0) is 12.0 Å². The zero-order valence-corrected chi connectivity index (χ0v) is 12.4. The number of rotatable bonds is 4. The van der Waals surface area contributed by atoms with E-state index in [4.69, 9.17) is 9.84 Å². The average Bonchev–Trinajstić information content (AvgIpc) is 2.93. The molecule has 6 nitrogen and oxygen atoms in total. The lowest BCUT2D eigenvalue weighted by Crippen LogP contribution is -2.55. The molecule has 1 amide bonds. The predicted molar refractivity (Wildman–Crippen MR) is 79.3 cm³/mol. The Kier molecular flexibility index (Phi) is 4.29. The summed E-state index contributed by atoms with van der Waals surface area (Å²) in [4.78, 5) is 26.7. The number of carbonyl (C=O) groups excluding carboxylic acids is 1. The van der Waals surface area contributed by atoms with Crippen LogP contribution in [0.4, 0.5) is 4.79 Å². The maximum absolute atomic E-state index is 12.1. The summed E-state index contributed by atoms with van der Waals surface area (Å²) < 4.78 is 5.33. The lowest BCUT2D eigenvalue weighted by atomic mass is 9.97. The molecule has 2 heterocycles. The number of hydrogen-bond donors (Lipinski definition) is 1. The third kappa shape index (κ3) is 3.22. The molecular formula is C16H20N2O4. The summed E-state index contributed by atoms with van der Waals surface area (Å²) in [6, 6.07) is 9.86. The van der Waals surface area contributed by atoms with Gasteiger partial charge >= 0.3 is 12.1 Å². The van der Waals surface area contributed by atoms with Gasteiger partial charge in [0.25, 0.3) is 0 Å². The number of carbonyl (C=O) groups is 2. The lowest BCUT2D eigenvalue weighted by molar-refractivity contribution is -0.148. The topological polar surface area (TPSA) is 70.1 Å². The van der Waals surface area contributed by atoms with Gasteiger partial charge in [0.15, 0.2) is 0 Å². The van der Waals surface area contributed by atoms with Crippen molar-refractivity contribution in [2.24, 2.45) is 5.92 Å². The first-order chi connectivity index (χ1) is 10.6. The van der Waals surface area contributed by atoms with Crippen molar-refractivity contribution in [2.45, 2.75) is 19.1 Å². The quantitative estimate of drug-likeness (QED) is 0.911. The van der Waals surface area contributed by atoms with Gasteiger partial charge in [0, 0.05) is 32.2 Å². The van der Waals surface area contributed by atoms with Gasteiger partial charge in [-0.1, -0.05) is 30.3 Å². The molecule has 0 aliphatic carbocycles. The minimum atomic E-state index is -0.728. The Morgan fingerprint density at radius 2 is 1.91 bits per heavy atom. The Morgan fingerprint density at radius 1 is 1.18 bits per heavy atom. The highest BCUT2D eigenvalue weighted by atomic mass is 16.6. The van der Waals surface area contributed by atoms with Gasteiger partial charge in [-0.2, -0.15) is 0 Å². The van der Waals surface area contributed by atoms with E-state index in [0.717, 1.165) is 12.0 Å². The molecule has 0 saturated carbocycles. The second-order valence-electron chi connectivity index (χ2n) is 5.92. The van der Waals surface area contributed by atoms with E-state index in [1.165, 1.54) is 0 Å². The Morgan fingerprint density at radius 3 is 2.59 bits per heavy atom. The largest absolute Gasteiger partial charge is 0.481 e. The number of carboxylic acids is 1. The molecule has 1 aromatic rings. The first-order valence-corrected chi connectivity index (χ1v) is 7.56. The van der Waals surface area contributed by atoms with Gasteiger partial charge in [0.05, 0.1) is 5.92 Å². The van der Waals surface area contributed by atoms with Gasteiger partial charge in [-0.15, -0.1) is 0 Å². The molecule has 2 aliphatic rings. The fraction of sp³-hybridized carbons (Fsp3) is 0.500. The van der Waals surface area contributed by atoms with Crippen molar-refractivity contribution < 1.29 is 19.4 Å². The molecule has 3 rings (SSSR count). The first-order valence-electron chi connectivity index (χ1n) is 7.56. The standard InChI is InChI=1S/C16H20N2O4/c19-15(20)13-8-18(9-13)14-6-7-17(10-14)16(21)22-11-12-4-2-1-3-5-12/h1-5,13-14H,6-11H2,(H,19,20). The number of carboxylic acid groups (broad SMARTS) is 1. The SMILES string of the molecule is O=C(O)C1CN(C2CCN(C(=O)OCc3ccccc3)C2)C1. The van der Waals surface area contributed by atoms with Crippen LogP contribution in [0, 0.1) is 5.92 Å². The Labute approximate surface area is 129 Å². The molecule has 0 bridgehead atoms. The second-order valence-corrected chi connectivity index (χ2v) is 5.92. The van der Waals surface area contributed by atoms with E-state index < -0.39 is 5.97 Å². The zero-order valence-electron chi connectivity index (χ0n) is 12.4. The van der Waals surface area contributed by atoms with Crippen LogP contribution in [0.3, 0.4) is 0 Å². The molecule has 0 radical (unpaired) electrons. The molecule has 22 heavy (non-hydrogen) atoms. The highest BCUT2D eigenvalue weighted by Crippen LogP contribution is 2.25. The fourth-order valence-electron chi connectivity index (χ4n) is 2.98. The van der Waals surface area contributed by atoms with Crippen molar-refractivity contribution in [3.05, 3.63) is 35.9 Å². The van der Waals surface area contributed by atoms with Crippen LogP contribution in [0.15, 0.2) is 30.3 Å². The highest BCUT2D eigenvalue weighted by Gasteiger charge is 2.40. The molecule has 6 heteroatoms. The Bertz CT molecular complexity index is 542. The predicted octanol–water partition coefficient (Wildman–Crippen LogP) is 1.41. The van der Waals surface area contributed by atoms with Crippen LogP contribution in [0.25, 0.3) is 0 Å². The number of likely N-dealkylation sites (tertiary alicyclic amines) is 2. The Hall–Kier alpha value is -2.08. The van der Waals surface area contributed by atoms with E-state index in [-0.39, 0.29) is 24.7 Å². The van der Waals surface area contributed by atoms with Gasteiger partial charge < -0.3 is 14.7 Å². The monoisotopic (exact) mass is 304 g/mol. The molecule has 0 spiro atoms. The maximum atomic E-state index is 12.1. The van der Waals surface area contributed by atoms with Gasteiger partial charge in [0.1, 0.15) is 6.61 Å². The van der Waals surface area contributed by atoms with Crippen LogP contribution >= 0.6 is 0 Å². The van der Waals surface area contributed by atoms with E-state index in [1.54, 1.807) is 4.90 Å². The third-order valence-corrected chi connectivity index (χ3v) is 4.40. The van der Waals surface area contributed by atoms with Crippen molar-refractivity contribution in [2.75, 3.05) is 26.2 Å². The van der Waals surface area contributed by atoms with Crippen molar-refractivity contribution in [1.82, 2.24) is 9.80 Å². The normalized spacial score (nSPS) is 22.4. The number of nitrogens with zero attached hydrogens (tertiary/aromatic N) is 2. The Balaban J connectivity index is 1.42. The summed E-state index contributed by atoms with van der Waals surface area (Å²) in [5.41, 5.74) is 0.971. The molecule has 2 saturated heterocycles. The van der Waals surface area contributed by atoms with E-state index >= 15 is 0 Å². The molecular weight excluding hydrogens is 284 g/mol. The van der Waals surface area contributed by atoms with Crippen molar-refractivity contribution in [3.63, 3.8) is 0 Å². The summed E-state index contributed by atoms with van der Waals surface area (Å²) in [6.45, 7) is 2.76. The molecule has 1 unspecified atom stereocenters. The van der Waals surface area contributed by atoms with Crippen molar-refractivity contribution >= 4 is 12.1 Å². The number of amides is 1. The lowest BCUT2D eigenvalue weighted by Gasteiger charge is -2.40. The van der Waals surface area contributed by atoms with Crippen LogP contribution in [-0.4, -0.2) is 59.2 Å². The van der Waals surface area contributed by atoms with Crippen LogP contribution < -0.4 is 0 Å². The van der Waals surface area contributed by atoms with E-state index in [0.29, 0.717) is 26.2 Å². The first kappa shape index (κ1) is 14.8. The molecule has 0 aromatic heterocycles. The summed E-state index contributed by atoms with van der Waals surface area (Å²) in [5, 5.41) is 8.90. The summed E-state index contributed by atoms with van der Waals surface area (Å²) in [5.74, 6) is -0.979. The average molecular weight is 304 g/mol. The fourth-order valence-corrected chi connectivity index (χ4v) is 2.98. The van der Waals surface area contributed by atoms with Crippen LogP contribution in [0.2, 0.25) is 0 Å². The van der Waals surface area contributed by atoms with Crippen molar-refractivity contribution in [3.8, 4) is 0 Å². The minimum Gasteiger partial charge on any atom is -0.481 e. The van der Waals surface area contributed by atoms with Gasteiger partial charge in [-0.25, -0.2) is 4.79 Å². The van der Waals surface area contributed by atoms with Crippen LogP contribution in [0.1, 0.15) is 12.0 Å². The number of hydrogen-bond acceptors (Lipinski definition) is 4. The molecule has 1 N–H and O–H groups in total.